The Morgan fingerprint density at radius 3 is 2.31 bits per heavy atom. The van der Waals surface area contributed by atoms with E-state index in [1.165, 1.54) is 23.5 Å². The van der Waals surface area contributed by atoms with Gasteiger partial charge in [0.25, 0.3) is 0 Å². The molecule has 0 heterocycles. The molecule has 0 radical (unpaired) electrons. The minimum Gasteiger partial charge on any atom is -0.464 e. The van der Waals surface area contributed by atoms with E-state index in [9.17, 15) is 9.90 Å². The van der Waals surface area contributed by atoms with Crippen molar-refractivity contribution in [1.82, 2.24) is 0 Å². The first-order valence-electron chi connectivity index (χ1n) is 4.95. The lowest BCUT2D eigenvalue weighted by Crippen LogP contribution is -2.45. The van der Waals surface area contributed by atoms with Crippen LogP contribution in [0.1, 0.15) is 20.8 Å². The highest BCUT2D eigenvalue weighted by atomic mass is 32.2. The van der Waals surface area contributed by atoms with Crippen molar-refractivity contribution in [3.63, 3.8) is 0 Å². The van der Waals surface area contributed by atoms with Gasteiger partial charge in [-0.2, -0.15) is 0 Å². The lowest BCUT2D eigenvalue weighted by atomic mass is 9.97. The van der Waals surface area contributed by atoms with Gasteiger partial charge in [0.15, 0.2) is 5.54 Å². The van der Waals surface area contributed by atoms with Gasteiger partial charge in [0.05, 0.1) is 12.7 Å². The van der Waals surface area contributed by atoms with Crippen molar-refractivity contribution in [1.29, 1.82) is 0 Å². The zero-order valence-electron chi connectivity index (χ0n) is 10.3. The fourth-order valence-electron chi connectivity index (χ4n) is 0.951. The van der Waals surface area contributed by atoms with Gasteiger partial charge in [0, 0.05) is 0 Å². The van der Waals surface area contributed by atoms with Crippen molar-refractivity contribution >= 4 is 33.9 Å². The highest BCUT2D eigenvalue weighted by Gasteiger charge is 2.40. The number of rotatable bonds is 4. The van der Waals surface area contributed by atoms with Crippen LogP contribution in [0.2, 0.25) is 0 Å². The van der Waals surface area contributed by atoms with Gasteiger partial charge in [0.2, 0.25) is 0 Å². The molecule has 0 aliphatic heterocycles. The number of thioether (sulfide) groups is 2. The molecule has 94 valence electrons. The Kier molecular flexibility index (Phi) is 7.10. The first-order chi connectivity index (χ1) is 7.42. The predicted octanol–water partition coefficient (Wildman–Crippen LogP) is 1.77. The van der Waals surface area contributed by atoms with Crippen LogP contribution in [-0.4, -0.2) is 46.2 Å². The third-order valence-corrected chi connectivity index (χ3v) is 4.06. The third-order valence-electron chi connectivity index (χ3n) is 2.17. The summed E-state index contributed by atoms with van der Waals surface area (Å²) in [5, 5.41) is 9.68. The van der Waals surface area contributed by atoms with Crippen molar-refractivity contribution in [3.8, 4) is 0 Å². The molecule has 0 spiro atoms. The van der Waals surface area contributed by atoms with Crippen molar-refractivity contribution in [2.45, 2.75) is 32.4 Å². The average molecular weight is 265 g/mol. The Balaban J connectivity index is 5.10. The first-order valence-corrected chi connectivity index (χ1v) is 7.40. The second-order valence-electron chi connectivity index (χ2n) is 3.33. The maximum atomic E-state index is 11.8. The van der Waals surface area contributed by atoms with Crippen molar-refractivity contribution in [2.75, 3.05) is 19.1 Å². The quantitative estimate of drug-likeness (QED) is 0.477. The Bertz CT molecular complexity index is 263. The molecule has 4 nitrogen and oxygen atoms in total. The summed E-state index contributed by atoms with van der Waals surface area (Å²) in [6.07, 6.45) is 2.87. The molecule has 0 fully saturated rings. The molecular formula is C10H19NO3S2. The smallest absolute Gasteiger partial charge is 0.336 e. The summed E-state index contributed by atoms with van der Waals surface area (Å²) in [4.78, 5) is 16.0. The Hall–Kier alpha value is -0.200. The fourth-order valence-corrected chi connectivity index (χ4v) is 2.18. The molecule has 0 saturated carbocycles. The van der Waals surface area contributed by atoms with E-state index in [-0.39, 0.29) is 6.61 Å². The number of nitrogens with zero attached hydrogens (tertiary/aromatic N) is 1. The molecule has 2 atom stereocenters. The predicted molar refractivity (Wildman–Crippen MR) is 71.2 cm³/mol. The third kappa shape index (κ3) is 3.99. The van der Waals surface area contributed by atoms with Crippen LogP contribution in [0.4, 0.5) is 0 Å². The van der Waals surface area contributed by atoms with Gasteiger partial charge in [-0.3, -0.25) is 4.99 Å². The van der Waals surface area contributed by atoms with Gasteiger partial charge in [-0.1, -0.05) is 0 Å². The van der Waals surface area contributed by atoms with Gasteiger partial charge in [-0.05, 0) is 33.3 Å². The lowest BCUT2D eigenvalue weighted by Gasteiger charge is -2.26. The van der Waals surface area contributed by atoms with Crippen LogP contribution in [0, 0.1) is 0 Å². The minimum atomic E-state index is -1.22. The van der Waals surface area contributed by atoms with Crippen LogP contribution < -0.4 is 0 Å². The van der Waals surface area contributed by atoms with Crippen LogP contribution in [0.5, 0.6) is 0 Å². The molecular weight excluding hydrogens is 246 g/mol. The van der Waals surface area contributed by atoms with E-state index in [0.29, 0.717) is 0 Å². The molecule has 6 heteroatoms. The Labute approximate surface area is 105 Å². The molecule has 0 saturated heterocycles. The lowest BCUT2D eigenvalue weighted by molar-refractivity contribution is -0.152. The number of hydrogen-bond acceptors (Lipinski definition) is 6. The van der Waals surface area contributed by atoms with Crippen LogP contribution in [0.25, 0.3) is 0 Å². The summed E-state index contributed by atoms with van der Waals surface area (Å²) < 4.78 is 5.68. The zero-order chi connectivity index (χ0) is 12.8. The molecule has 16 heavy (non-hydrogen) atoms. The van der Waals surface area contributed by atoms with Crippen LogP contribution in [0.15, 0.2) is 4.99 Å². The minimum absolute atomic E-state index is 0.282. The number of esters is 1. The van der Waals surface area contributed by atoms with Crippen LogP contribution >= 0.6 is 23.5 Å². The Morgan fingerprint density at radius 1 is 1.50 bits per heavy atom. The van der Waals surface area contributed by atoms with Gasteiger partial charge in [0.1, 0.15) is 4.38 Å². The molecule has 0 unspecified atom stereocenters. The number of ether oxygens (including phenoxy) is 1. The molecule has 0 rings (SSSR count). The fraction of sp³-hybridized carbons (Fsp3) is 0.800. The molecule has 0 aliphatic carbocycles. The van der Waals surface area contributed by atoms with E-state index in [1.807, 2.05) is 12.5 Å². The number of carbonyl (C=O) groups excluding carboxylic acids is 1. The number of aliphatic hydroxyl groups is 1. The topological polar surface area (TPSA) is 58.9 Å². The maximum Gasteiger partial charge on any atom is 0.336 e. The standard InChI is InChI=1S/C10H19NO3S2/c1-6-14-8(13)10(3,7(2)12)11-9(15-4)16-5/h7,12H,6H2,1-5H3/t7-,10+/m1/s1. The molecule has 0 aliphatic rings. The van der Waals surface area contributed by atoms with Gasteiger partial charge in [-0.25, -0.2) is 4.79 Å². The van der Waals surface area contributed by atoms with E-state index in [0.717, 1.165) is 4.38 Å². The number of aliphatic imine (C=N–C) groups is 1. The highest BCUT2D eigenvalue weighted by molar-refractivity contribution is 8.38. The maximum absolute atomic E-state index is 11.8. The summed E-state index contributed by atoms with van der Waals surface area (Å²) in [6.45, 7) is 5.14. The molecule has 0 bridgehead atoms. The summed E-state index contributed by atoms with van der Waals surface area (Å²) >= 11 is 2.89. The summed E-state index contributed by atoms with van der Waals surface area (Å²) in [5.74, 6) is -0.495. The Morgan fingerprint density at radius 2 is 2.00 bits per heavy atom. The van der Waals surface area contributed by atoms with E-state index < -0.39 is 17.6 Å². The molecule has 0 aromatic heterocycles. The second kappa shape index (κ2) is 7.19. The molecule has 0 aromatic rings. The van der Waals surface area contributed by atoms with Gasteiger partial charge < -0.3 is 9.84 Å². The van der Waals surface area contributed by atoms with Crippen molar-refractivity contribution < 1.29 is 14.6 Å². The van der Waals surface area contributed by atoms with Crippen LogP contribution in [-0.2, 0) is 9.53 Å². The van der Waals surface area contributed by atoms with E-state index in [4.69, 9.17) is 4.74 Å². The summed E-state index contributed by atoms with van der Waals surface area (Å²) in [7, 11) is 0. The monoisotopic (exact) mass is 265 g/mol. The van der Waals surface area contributed by atoms with E-state index in [1.54, 1.807) is 20.8 Å². The van der Waals surface area contributed by atoms with E-state index in [2.05, 4.69) is 4.99 Å². The normalized spacial score (nSPS) is 16.1. The summed E-state index contributed by atoms with van der Waals surface area (Å²) in [6, 6.07) is 0. The van der Waals surface area contributed by atoms with Crippen molar-refractivity contribution in [2.24, 2.45) is 4.99 Å². The molecule has 1 N–H and O–H groups in total. The number of aliphatic hydroxyl groups excluding tert-OH is 1. The van der Waals surface area contributed by atoms with Crippen LogP contribution in [0.3, 0.4) is 0 Å². The second-order valence-corrected chi connectivity index (χ2v) is 5.18. The van der Waals surface area contributed by atoms with Gasteiger partial charge >= 0.3 is 5.97 Å². The molecule has 0 amide bonds. The SMILES string of the molecule is CCOC(=O)[C@@](C)(N=C(SC)SC)[C@@H](C)O. The average Bonchev–Trinajstić information content (AvgIpc) is 2.25. The number of hydrogen-bond donors (Lipinski definition) is 1. The largest absolute Gasteiger partial charge is 0.464 e. The number of carbonyl (C=O) groups is 1. The van der Waals surface area contributed by atoms with Crippen molar-refractivity contribution in [3.05, 3.63) is 0 Å². The summed E-state index contributed by atoms with van der Waals surface area (Å²) in [5.41, 5.74) is -1.22. The zero-order valence-corrected chi connectivity index (χ0v) is 11.9. The first kappa shape index (κ1) is 15.8. The van der Waals surface area contributed by atoms with Gasteiger partial charge in [-0.15, -0.1) is 23.5 Å². The molecule has 0 aromatic carbocycles. The highest BCUT2D eigenvalue weighted by Crippen LogP contribution is 2.23. The van der Waals surface area contributed by atoms with E-state index >= 15 is 0 Å².